The van der Waals surface area contributed by atoms with Gasteiger partial charge in [-0.05, 0) is 18.3 Å². The predicted octanol–water partition coefficient (Wildman–Crippen LogP) is 1.01. The summed E-state index contributed by atoms with van der Waals surface area (Å²) in [5, 5.41) is 20.4. The molecule has 0 saturated heterocycles. The van der Waals surface area contributed by atoms with Gasteiger partial charge in [-0.3, -0.25) is 9.59 Å². The molecule has 1 rings (SSSR count). The minimum atomic E-state index is -0.886. The number of aliphatic hydroxyl groups excluding tert-OH is 1. The molecule has 1 aliphatic carbocycles. The van der Waals surface area contributed by atoms with E-state index in [1.54, 1.807) is 0 Å². The van der Waals surface area contributed by atoms with Crippen molar-refractivity contribution in [3.8, 4) is 0 Å². The molecule has 3 N–H and O–H groups in total. The minimum absolute atomic E-state index is 0.144. The maximum Gasteiger partial charge on any atom is 0.307 e. The Balaban J connectivity index is 2.21. The van der Waals surface area contributed by atoms with Crippen molar-refractivity contribution in [2.24, 2.45) is 17.3 Å². The largest absolute Gasteiger partial charge is 0.481 e. The van der Waals surface area contributed by atoms with Gasteiger partial charge >= 0.3 is 5.97 Å². The molecule has 1 saturated carbocycles. The van der Waals surface area contributed by atoms with Crippen LogP contribution in [0.2, 0.25) is 0 Å². The van der Waals surface area contributed by atoms with E-state index in [1.165, 1.54) is 0 Å². The van der Waals surface area contributed by atoms with Gasteiger partial charge in [0.2, 0.25) is 5.91 Å². The Morgan fingerprint density at radius 3 is 2.22 bits per heavy atom. The highest BCUT2D eigenvalue weighted by molar-refractivity contribution is 5.91. The van der Waals surface area contributed by atoms with Crippen molar-refractivity contribution < 1.29 is 19.8 Å². The molecule has 1 amide bonds. The molecule has 0 aromatic rings. The molecule has 5 heteroatoms. The van der Waals surface area contributed by atoms with E-state index >= 15 is 0 Å². The molecule has 0 aromatic carbocycles. The number of amides is 1. The van der Waals surface area contributed by atoms with E-state index < -0.39 is 23.2 Å². The first-order valence-corrected chi connectivity index (χ1v) is 6.54. The van der Waals surface area contributed by atoms with Gasteiger partial charge in [-0.1, -0.05) is 26.7 Å². The molecule has 0 heterocycles. The van der Waals surface area contributed by atoms with Crippen LogP contribution in [0.1, 0.15) is 39.5 Å². The fourth-order valence-corrected chi connectivity index (χ4v) is 2.50. The van der Waals surface area contributed by atoms with Crippen molar-refractivity contribution in [1.29, 1.82) is 0 Å². The van der Waals surface area contributed by atoms with E-state index in [-0.39, 0.29) is 12.5 Å². The van der Waals surface area contributed by atoms with Gasteiger partial charge < -0.3 is 15.5 Å². The normalized spacial score (nSPS) is 24.6. The zero-order chi connectivity index (χ0) is 13.8. The van der Waals surface area contributed by atoms with E-state index in [1.807, 2.05) is 13.8 Å². The third-order valence-corrected chi connectivity index (χ3v) is 3.76. The van der Waals surface area contributed by atoms with Gasteiger partial charge in [-0.2, -0.15) is 0 Å². The molecule has 2 atom stereocenters. The number of hydrogen-bond acceptors (Lipinski definition) is 3. The van der Waals surface area contributed by atoms with E-state index in [9.17, 15) is 9.59 Å². The first-order valence-electron chi connectivity index (χ1n) is 6.54. The zero-order valence-corrected chi connectivity index (χ0v) is 11.1. The number of carbonyl (C=O) groups is 2. The van der Waals surface area contributed by atoms with Gasteiger partial charge in [0, 0.05) is 13.2 Å². The summed E-state index contributed by atoms with van der Waals surface area (Å²) in [5.41, 5.74) is -0.424. The van der Waals surface area contributed by atoms with Crippen molar-refractivity contribution in [2.45, 2.75) is 39.5 Å². The Morgan fingerprint density at radius 1 is 1.11 bits per heavy atom. The molecule has 0 unspecified atom stereocenters. The maximum atomic E-state index is 11.8. The number of unbranched alkanes of at least 4 members (excludes halogenated alkanes) is 3. The quantitative estimate of drug-likeness (QED) is 0.566. The smallest absolute Gasteiger partial charge is 0.307 e. The number of nitrogens with one attached hydrogen (secondary N) is 1. The molecule has 5 nitrogen and oxygen atoms in total. The van der Waals surface area contributed by atoms with Crippen molar-refractivity contribution in [2.75, 3.05) is 13.2 Å². The van der Waals surface area contributed by atoms with E-state index in [4.69, 9.17) is 10.2 Å². The highest BCUT2D eigenvalue weighted by Gasteiger charge is 2.65. The third-order valence-electron chi connectivity index (χ3n) is 3.76. The number of aliphatic hydroxyl groups is 1. The molecule has 104 valence electrons. The average molecular weight is 257 g/mol. The first kappa shape index (κ1) is 15.0. The predicted molar refractivity (Wildman–Crippen MR) is 67.0 cm³/mol. The molecule has 18 heavy (non-hydrogen) atoms. The topological polar surface area (TPSA) is 86.6 Å². The van der Waals surface area contributed by atoms with Gasteiger partial charge in [-0.15, -0.1) is 0 Å². The Hall–Kier alpha value is -1.10. The Kier molecular flexibility index (Phi) is 5.14. The standard InChI is InChI=1S/C13H23NO4/c1-13(2)9(10(13)12(17)18)11(16)14-7-5-3-4-6-8-15/h9-10,15H,3-8H2,1-2H3,(H,14,16)(H,17,18)/t9-,10+/m1/s1. The Bertz CT molecular complexity index is 314. The molecule has 0 radical (unpaired) electrons. The van der Waals surface area contributed by atoms with E-state index in [0.29, 0.717) is 6.54 Å². The van der Waals surface area contributed by atoms with Crippen LogP contribution in [-0.4, -0.2) is 35.2 Å². The lowest BCUT2D eigenvalue weighted by Crippen LogP contribution is -2.28. The highest BCUT2D eigenvalue weighted by Crippen LogP contribution is 2.58. The monoisotopic (exact) mass is 257 g/mol. The molecule has 0 spiro atoms. The number of rotatable bonds is 8. The Morgan fingerprint density at radius 2 is 1.72 bits per heavy atom. The molecule has 1 aliphatic rings. The summed E-state index contributed by atoms with van der Waals surface area (Å²) < 4.78 is 0. The Labute approximate surface area is 108 Å². The average Bonchev–Trinajstić information content (AvgIpc) is 2.86. The first-order chi connectivity index (χ1) is 8.42. The number of carbonyl (C=O) groups excluding carboxylic acids is 1. The lowest BCUT2D eigenvalue weighted by atomic mass is 10.1. The fourth-order valence-electron chi connectivity index (χ4n) is 2.50. The van der Waals surface area contributed by atoms with Crippen LogP contribution in [0.25, 0.3) is 0 Å². The summed E-state index contributed by atoms with van der Waals surface area (Å²) in [6.07, 6.45) is 3.59. The summed E-state index contributed by atoms with van der Waals surface area (Å²) in [4.78, 5) is 22.7. The lowest BCUT2D eigenvalue weighted by molar-refractivity contribution is -0.140. The van der Waals surface area contributed by atoms with Gasteiger partial charge in [0.1, 0.15) is 0 Å². The van der Waals surface area contributed by atoms with E-state index in [0.717, 1.165) is 25.7 Å². The van der Waals surface area contributed by atoms with Crippen LogP contribution >= 0.6 is 0 Å². The van der Waals surface area contributed by atoms with Crippen molar-refractivity contribution in [3.63, 3.8) is 0 Å². The van der Waals surface area contributed by atoms with Crippen LogP contribution < -0.4 is 5.32 Å². The molecule has 1 fully saturated rings. The van der Waals surface area contributed by atoms with Crippen LogP contribution in [0.3, 0.4) is 0 Å². The van der Waals surface area contributed by atoms with Crippen LogP contribution in [0, 0.1) is 17.3 Å². The van der Waals surface area contributed by atoms with Crippen LogP contribution in [0.4, 0.5) is 0 Å². The SMILES string of the molecule is CC1(C)[C@H](C(=O)O)[C@@H]1C(=O)NCCCCCCO. The second kappa shape index (κ2) is 6.18. The van der Waals surface area contributed by atoms with Crippen molar-refractivity contribution in [1.82, 2.24) is 5.32 Å². The zero-order valence-electron chi connectivity index (χ0n) is 11.1. The molecule has 0 bridgehead atoms. The van der Waals surface area contributed by atoms with Crippen molar-refractivity contribution >= 4 is 11.9 Å². The van der Waals surface area contributed by atoms with Gasteiger partial charge in [0.25, 0.3) is 0 Å². The number of carboxylic acids is 1. The number of hydrogen-bond donors (Lipinski definition) is 3. The summed E-state index contributed by atoms with van der Waals surface area (Å²) in [6.45, 7) is 4.43. The summed E-state index contributed by atoms with van der Waals surface area (Å²) in [7, 11) is 0. The second-order valence-corrected chi connectivity index (χ2v) is 5.54. The molecule has 0 aromatic heterocycles. The van der Waals surface area contributed by atoms with Gasteiger partial charge in [-0.25, -0.2) is 0 Å². The lowest BCUT2D eigenvalue weighted by Gasteiger charge is -2.05. The summed E-state index contributed by atoms with van der Waals surface area (Å²) in [6, 6.07) is 0. The number of aliphatic carboxylic acids is 1. The second-order valence-electron chi connectivity index (χ2n) is 5.54. The third kappa shape index (κ3) is 3.45. The van der Waals surface area contributed by atoms with Gasteiger partial charge in [0.15, 0.2) is 0 Å². The van der Waals surface area contributed by atoms with E-state index in [2.05, 4.69) is 5.32 Å². The highest BCUT2D eigenvalue weighted by atomic mass is 16.4. The van der Waals surface area contributed by atoms with Crippen LogP contribution in [-0.2, 0) is 9.59 Å². The summed E-state index contributed by atoms with van der Waals surface area (Å²) >= 11 is 0. The number of carboxylic acid groups (broad SMARTS) is 1. The molecule has 0 aliphatic heterocycles. The van der Waals surface area contributed by atoms with Crippen LogP contribution in [0.5, 0.6) is 0 Å². The summed E-state index contributed by atoms with van der Waals surface area (Å²) in [5.74, 6) is -1.98. The maximum absolute atomic E-state index is 11.8. The molecular weight excluding hydrogens is 234 g/mol. The minimum Gasteiger partial charge on any atom is -0.481 e. The van der Waals surface area contributed by atoms with Gasteiger partial charge in [0.05, 0.1) is 11.8 Å². The molecular formula is C13H23NO4. The fraction of sp³-hybridized carbons (Fsp3) is 0.846. The van der Waals surface area contributed by atoms with Crippen LogP contribution in [0.15, 0.2) is 0 Å². The van der Waals surface area contributed by atoms with Crippen molar-refractivity contribution in [3.05, 3.63) is 0 Å².